The summed E-state index contributed by atoms with van der Waals surface area (Å²) in [6, 6.07) is 6.34. The maximum Gasteiger partial charge on any atom is 0.451 e. The molecule has 2 heterocycles. The van der Waals surface area contributed by atoms with Crippen LogP contribution in [0, 0.1) is 5.92 Å². The monoisotopic (exact) mass is 488 g/mol. The van der Waals surface area contributed by atoms with Crippen molar-refractivity contribution in [2.24, 2.45) is 5.92 Å². The Balaban J connectivity index is 1.61. The number of nitrogens with zero attached hydrogens (tertiary/aromatic N) is 4. The van der Waals surface area contributed by atoms with Gasteiger partial charge in [0.05, 0.1) is 5.56 Å². The van der Waals surface area contributed by atoms with Crippen LogP contribution >= 0.6 is 0 Å². The van der Waals surface area contributed by atoms with Crippen molar-refractivity contribution in [2.75, 3.05) is 37.0 Å². The maximum atomic E-state index is 13.3. The predicted molar refractivity (Wildman–Crippen MR) is 116 cm³/mol. The molecule has 1 atom stereocenters. The van der Waals surface area contributed by atoms with Gasteiger partial charge in [0.15, 0.2) is 0 Å². The molecule has 1 aromatic carbocycles. The van der Waals surface area contributed by atoms with Crippen LogP contribution in [0.3, 0.4) is 0 Å². The number of anilines is 2. The largest absolute Gasteiger partial charge is 0.451 e. The van der Waals surface area contributed by atoms with E-state index in [1.807, 2.05) is 0 Å². The van der Waals surface area contributed by atoms with Crippen LogP contribution in [0.15, 0.2) is 30.3 Å². The quantitative estimate of drug-likeness (QED) is 0.490. The van der Waals surface area contributed by atoms with Gasteiger partial charge in [-0.3, -0.25) is 4.79 Å². The Morgan fingerprint density at radius 1 is 1.06 bits per heavy atom. The van der Waals surface area contributed by atoms with E-state index in [9.17, 15) is 31.1 Å². The number of ketones is 1. The summed E-state index contributed by atoms with van der Waals surface area (Å²) >= 11 is 0. The highest BCUT2D eigenvalue weighted by Crippen LogP contribution is 2.32. The molecular formula is C23H26F6N4O. The summed E-state index contributed by atoms with van der Waals surface area (Å²) in [5.41, 5.74) is -0.00611. The van der Waals surface area contributed by atoms with E-state index >= 15 is 0 Å². The molecule has 0 spiro atoms. The zero-order chi connectivity index (χ0) is 25.1. The maximum absolute atomic E-state index is 13.3. The van der Waals surface area contributed by atoms with Crippen LogP contribution in [-0.2, 0) is 23.6 Å². The molecule has 2 aromatic rings. The highest BCUT2D eigenvalue weighted by atomic mass is 19.4. The van der Waals surface area contributed by atoms with Crippen molar-refractivity contribution >= 4 is 17.4 Å². The molecule has 0 N–H and O–H groups in total. The van der Waals surface area contributed by atoms with Crippen molar-refractivity contribution in [3.05, 3.63) is 47.3 Å². The summed E-state index contributed by atoms with van der Waals surface area (Å²) in [6.45, 7) is 0.747. The Bertz CT molecular complexity index is 988. The minimum atomic E-state index is -4.69. The lowest BCUT2D eigenvalue weighted by Gasteiger charge is -2.33. The average molecular weight is 488 g/mol. The Hall–Kier alpha value is -2.85. The highest BCUT2D eigenvalue weighted by molar-refractivity contribution is 5.81. The fourth-order valence-corrected chi connectivity index (χ4v) is 3.92. The van der Waals surface area contributed by atoms with Gasteiger partial charge in [-0.1, -0.05) is 12.1 Å². The van der Waals surface area contributed by atoms with Crippen LogP contribution in [0.4, 0.5) is 38.0 Å². The van der Waals surface area contributed by atoms with Crippen LogP contribution in [0.2, 0.25) is 0 Å². The van der Waals surface area contributed by atoms with Gasteiger partial charge in [-0.2, -0.15) is 26.3 Å². The number of aryl methyl sites for hydroxylation is 1. The first-order valence-electron chi connectivity index (χ1n) is 10.9. The fourth-order valence-electron chi connectivity index (χ4n) is 3.92. The van der Waals surface area contributed by atoms with Gasteiger partial charge >= 0.3 is 12.4 Å². The molecular weight excluding hydrogens is 462 g/mol. The number of rotatable bonds is 7. The Morgan fingerprint density at radius 2 is 1.74 bits per heavy atom. The molecule has 1 fully saturated rings. The van der Waals surface area contributed by atoms with Gasteiger partial charge in [-0.15, -0.1) is 0 Å². The average Bonchev–Trinajstić information content (AvgIpc) is 2.78. The van der Waals surface area contributed by atoms with Crippen molar-refractivity contribution in [3.8, 4) is 0 Å². The number of carbonyl (C=O) groups is 1. The first kappa shape index (κ1) is 25.8. The predicted octanol–water partition coefficient (Wildman–Crippen LogP) is 5.39. The molecule has 186 valence electrons. The minimum absolute atomic E-state index is 0.00505. The smallest absolute Gasteiger partial charge is 0.363 e. The molecule has 0 radical (unpaired) electrons. The Labute approximate surface area is 193 Å². The molecule has 1 aliphatic heterocycles. The van der Waals surface area contributed by atoms with Gasteiger partial charge in [0.25, 0.3) is 0 Å². The van der Waals surface area contributed by atoms with Crippen LogP contribution < -0.4 is 9.80 Å². The van der Waals surface area contributed by atoms with Gasteiger partial charge in [-0.25, -0.2) is 9.97 Å². The van der Waals surface area contributed by atoms with Gasteiger partial charge in [0.1, 0.15) is 17.4 Å². The Morgan fingerprint density at radius 3 is 2.32 bits per heavy atom. The molecule has 1 aliphatic rings. The second kappa shape index (κ2) is 10.2. The lowest BCUT2D eigenvalue weighted by atomic mass is 9.90. The first-order valence-corrected chi connectivity index (χ1v) is 10.9. The molecule has 34 heavy (non-hydrogen) atoms. The molecule has 0 amide bonds. The third kappa shape index (κ3) is 6.60. The molecule has 0 bridgehead atoms. The molecule has 1 saturated heterocycles. The van der Waals surface area contributed by atoms with Crippen molar-refractivity contribution < 1.29 is 31.1 Å². The number of piperidine rings is 1. The molecule has 11 heteroatoms. The van der Waals surface area contributed by atoms with E-state index < -0.39 is 23.7 Å². The SMILES string of the molecule is CN(C)c1cc(N2CCC[C@@H](C(=O)CCCc3ccc(C(F)(F)F)cc3)C2)nc(C(F)(F)F)n1. The van der Waals surface area contributed by atoms with Gasteiger partial charge in [0, 0.05) is 45.6 Å². The molecule has 5 nitrogen and oxygen atoms in total. The second-order valence-electron chi connectivity index (χ2n) is 8.60. The number of halogens is 6. The summed E-state index contributed by atoms with van der Waals surface area (Å²) in [4.78, 5) is 23.2. The van der Waals surface area contributed by atoms with Crippen LogP contribution in [0.1, 0.15) is 42.6 Å². The number of Topliss-reactive ketones (excluding diaryl/α,β-unsaturated/α-hetero) is 1. The van der Waals surface area contributed by atoms with Crippen molar-refractivity contribution in [1.29, 1.82) is 0 Å². The van der Waals surface area contributed by atoms with Gasteiger partial charge in [0.2, 0.25) is 5.82 Å². The molecule has 0 aliphatic carbocycles. The van der Waals surface area contributed by atoms with E-state index in [2.05, 4.69) is 9.97 Å². The van der Waals surface area contributed by atoms with E-state index in [0.29, 0.717) is 37.8 Å². The summed E-state index contributed by atoms with van der Waals surface area (Å²) < 4.78 is 77.8. The van der Waals surface area contributed by atoms with E-state index in [0.717, 1.165) is 12.1 Å². The van der Waals surface area contributed by atoms with Crippen molar-refractivity contribution in [3.63, 3.8) is 0 Å². The second-order valence-corrected chi connectivity index (χ2v) is 8.60. The molecule has 0 unspecified atom stereocenters. The summed E-state index contributed by atoms with van der Waals surface area (Å²) in [7, 11) is 3.18. The number of hydrogen-bond acceptors (Lipinski definition) is 5. The van der Waals surface area contributed by atoms with E-state index in [4.69, 9.17) is 0 Å². The van der Waals surface area contributed by atoms with E-state index in [1.54, 1.807) is 19.0 Å². The standard InChI is InChI=1S/C23H26F6N4O/c1-32(2)19-13-20(31-21(30-19)23(27,28)29)33-12-4-6-16(14-33)18(34)7-3-5-15-8-10-17(11-9-15)22(24,25)26/h8-11,13,16H,3-7,12,14H2,1-2H3/t16-/m1/s1. The first-order chi connectivity index (χ1) is 15.8. The minimum Gasteiger partial charge on any atom is -0.363 e. The molecule has 0 saturated carbocycles. The summed E-state index contributed by atoms with van der Waals surface area (Å²) in [5, 5.41) is 0. The van der Waals surface area contributed by atoms with Crippen LogP contribution in [-0.4, -0.2) is 42.9 Å². The third-order valence-electron chi connectivity index (χ3n) is 5.78. The van der Waals surface area contributed by atoms with E-state index in [-0.39, 0.29) is 36.3 Å². The number of benzene rings is 1. The fraction of sp³-hybridized carbons (Fsp3) is 0.522. The normalized spacial score (nSPS) is 17.1. The summed E-state index contributed by atoms with van der Waals surface area (Å²) in [6.07, 6.45) is -6.61. The Kier molecular flexibility index (Phi) is 7.72. The lowest BCUT2D eigenvalue weighted by Crippen LogP contribution is -2.39. The highest BCUT2D eigenvalue weighted by Gasteiger charge is 2.37. The molecule has 1 aromatic heterocycles. The third-order valence-corrected chi connectivity index (χ3v) is 5.78. The summed E-state index contributed by atoms with van der Waals surface area (Å²) in [5.74, 6) is -1.31. The van der Waals surface area contributed by atoms with Crippen LogP contribution in [0.5, 0.6) is 0 Å². The number of aromatic nitrogens is 2. The van der Waals surface area contributed by atoms with Crippen molar-refractivity contribution in [2.45, 2.75) is 44.5 Å². The topological polar surface area (TPSA) is 49.3 Å². The number of hydrogen-bond donors (Lipinski definition) is 0. The van der Waals surface area contributed by atoms with Crippen LogP contribution in [0.25, 0.3) is 0 Å². The zero-order valence-corrected chi connectivity index (χ0v) is 18.9. The zero-order valence-electron chi connectivity index (χ0n) is 18.9. The molecule has 3 rings (SSSR count). The van der Waals surface area contributed by atoms with Gasteiger partial charge < -0.3 is 9.80 Å². The van der Waals surface area contributed by atoms with E-state index in [1.165, 1.54) is 23.1 Å². The lowest BCUT2D eigenvalue weighted by molar-refractivity contribution is -0.144. The van der Waals surface area contributed by atoms with Crippen molar-refractivity contribution in [1.82, 2.24) is 9.97 Å². The number of alkyl halides is 6. The number of carbonyl (C=O) groups excluding carboxylic acids is 1. The van der Waals surface area contributed by atoms with Gasteiger partial charge in [-0.05, 0) is 43.4 Å².